The molecule has 2 aromatic heterocycles. The van der Waals surface area contributed by atoms with E-state index in [1.54, 1.807) is 12.3 Å². The van der Waals surface area contributed by atoms with E-state index in [1.165, 1.54) is 23.1 Å². The van der Waals surface area contributed by atoms with Crippen LogP contribution in [0.5, 0.6) is 0 Å². The number of hydrogen-bond acceptors (Lipinski definition) is 7. The van der Waals surface area contributed by atoms with Crippen LogP contribution in [0.15, 0.2) is 22.5 Å². The first kappa shape index (κ1) is 15.9. The minimum Gasteiger partial charge on any atom is -0.354 e. The molecule has 6 nitrogen and oxygen atoms in total. The summed E-state index contributed by atoms with van der Waals surface area (Å²) in [7, 11) is -3.40. The molecule has 0 aliphatic carbocycles. The molecule has 3 heterocycles. The molecule has 1 fully saturated rings. The van der Waals surface area contributed by atoms with Gasteiger partial charge in [-0.05, 0) is 31.4 Å². The second-order valence-electron chi connectivity index (χ2n) is 5.22. The summed E-state index contributed by atoms with van der Waals surface area (Å²) in [6.07, 6.45) is 4.18. The van der Waals surface area contributed by atoms with E-state index in [0.717, 1.165) is 43.0 Å². The van der Waals surface area contributed by atoms with Crippen LogP contribution >= 0.6 is 23.1 Å². The number of piperidine rings is 1. The number of thiophene rings is 1. The van der Waals surface area contributed by atoms with Gasteiger partial charge in [-0.1, -0.05) is 6.92 Å². The molecule has 1 N–H and O–H groups in total. The first-order valence-electron chi connectivity index (χ1n) is 7.22. The minimum atomic E-state index is -3.40. The quantitative estimate of drug-likeness (QED) is 0.886. The van der Waals surface area contributed by atoms with E-state index in [9.17, 15) is 8.42 Å². The summed E-state index contributed by atoms with van der Waals surface area (Å²) in [5.74, 6) is 0.886. The fourth-order valence-electron chi connectivity index (χ4n) is 2.50. The van der Waals surface area contributed by atoms with Gasteiger partial charge >= 0.3 is 0 Å². The Hall–Kier alpha value is -1.03. The lowest BCUT2D eigenvalue weighted by atomic mass is 10.1. The van der Waals surface area contributed by atoms with Crippen molar-refractivity contribution in [2.75, 3.05) is 18.0 Å². The number of nitrogens with one attached hydrogen (secondary N) is 1. The Balaban J connectivity index is 1.60. The van der Waals surface area contributed by atoms with Crippen LogP contribution in [0, 0.1) is 0 Å². The number of aryl methyl sites for hydroxylation is 1. The first-order chi connectivity index (χ1) is 10.6. The smallest absolute Gasteiger partial charge is 0.250 e. The summed E-state index contributed by atoms with van der Waals surface area (Å²) < 4.78 is 36.3. The Labute approximate surface area is 138 Å². The van der Waals surface area contributed by atoms with Gasteiger partial charge in [-0.15, -0.1) is 11.3 Å². The zero-order valence-corrected chi connectivity index (χ0v) is 14.7. The van der Waals surface area contributed by atoms with Crippen molar-refractivity contribution in [2.24, 2.45) is 0 Å². The van der Waals surface area contributed by atoms with Gasteiger partial charge in [0, 0.05) is 24.0 Å². The second kappa shape index (κ2) is 6.61. The third-order valence-electron chi connectivity index (χ3n) is 3.74. The molecule has 0 radical (unpaired) electrons. The standard InChI is InChI=1S/C13H18N4O2S3/c1-2-11-3-4-13(20-11)22(18,19)16-10-5-7-17(8-6-10)12-9-14-21-15-12/h3-4,9-10,16H,2,5-8H2,1H3. The van der Waals surface area contributed by atoms with Crippen LogP contribution in [0.2, 0.25) is 0 Å². The van der Waals surface area contributed by atoms with E-state index in [-0.39, 0.29) is 6.04 Å². The van der Waals surface area contributed by atoms with Crippen LogP contribution in [0.3, 0.4) is 0 Å². The molecule has 0 unspecified atom stereocenters. The number of nitrogens with zero attached hydrogens (tertiary/aromatic N) is 3. The lowest BCUT2D eigenvalue weighted by Crippen LogP contribution is -2.44. The van der Waals surface area contributed by atoms with Gasteiger partial charge in [-0.3, -0.25) is 0 Å². The van der Waals surface area contributed by atoms with Crippen LogP contribution in [-0.2, 0) is 16.4 Å². The Morgan fingerprint density at radius 1 is 1.36 bits per heavy atom. The molecule has 0 amide bonds. The Morgan fingerprint density at radius 3 is 2.73 bits per heavy atom. The van der Waals surface area contributed by atoms with Gasteiger partial charge in [0.2, 0.25) is 10.0 Å². The molecule has 2 aromatic rings. The number of sulfonamides is 1. The Morgan fingerprint density at radius 2 is 2.14 bits per heavy atom. The van der Waals surface area contributed by atoms with Crippen molar-refractivity contribution in [3.8, 4) is 0 Å². The zero-order chi connectivity index (χ0) is 15.6. The summed E-state index contributed by atoms with van der Waals surface area (Å²) in [5.41, 5.74) is 0. The Kier molecular flexibility index (Phi) is 4.76. The van der Waals surface area contributed by atoms with Crippen LogP contribution in [-0.4, -0.2) is 36.3 Å². The number of aromatic nitrogens is 2. The molecule has 0 aromatic carbocycles. The van der Waals surface area contributed by atoms with Gasteiger partial charge in [0.05, 0.1) is 17.9 Å². The highest BCUT2D eigenvalue weighted by Gasteiger charge is 2.26. The molecular weight excluding hydrogens is 340 g/mol. The Bertz CT molecular complexity index is 703. The molecule has 3 rings (SSSR count). The molecule has 1 aliphatic rings. The lowest BCUT2D eigenvalue weighted by Gasteiger charge is -2.31. The van der Waals surface area contributed by atoms with Crippen molar-refractivity contribution in [1.82, 2.24) is 13.5 Å². The highest BCUT2D eigenvalue weighted by molar-refractivity contribution is 7.91. The molecule has 0 atom stereocenters. The number of anilines is 1. The minimum absolute atomic E-state index is 0.0139. The van der Waals surface area contributed by atoms with Crippen molar-refractivity contribution in [2.45, 2.75) is 36.4 Å². The SMILES string of the molecule is CCc1ccc(S(=O)(=O)NC2CCN(c3cnsn3)CC2)s1. The van der Waals surface area contributed by atoms with Gasteiger partial charge in [0.15, 0.2) is 5.82 Å². The molecule has 0 spiro atoms. The fraction of sp³-hybridized carbons (Fsp3) is 0.538. The average Bonchev–Trinajstić information content (AvgIpc) is 3.19. The molecular formula is C13H18N4O2S3. The van der Waals surface area contributed by atoms with Crippen molar-refractivity contribution in [1.29, 1.82) is 0 Å². The second-order valence-corrected chi connectivity index (χ2v) is 8.89. The molecule has 9 heteroatoms. The van der Waals surface area contributed by atoms with Gasteiger partial charge in [0.1, 0.15) is 4.21 Å². The third-order valence-corrected chi connectivity index (χ3v) is 7.45. The zero-order valence-electron chi connectivity index (χ0n) is 12.2. The van der Waals surface area contributed by atoms with Crippen LogP contribution < -0.4 is 9.62 Å². The van der Waals surface area contributed by atoms with Crippen molar-refractivity contribution >= 4 is 38.9 Å². The van der Waals surface area contributed by atoms with Crippen LogP contribution in [0.1, 0.15) is 24.6 Å². The fourth-order valence-corrected chi connectivity index (χ4v) is 5.55. The molecule has 0 bridgehead atoms. The molecule has 22 heavy (non-hydrogen) atoms. The van der Waals surface area contributed by atoms with E-state index >= 15 is 0 Å². The van der Waals surface area contributed by atoms with Gasteiger partial charge < -0.3 is 4.90 Å². The summed E-state index contributed by atoms with van der Waals surface area (Å²) in [6, 6.07) is 3.57. The maximum atomic E-state index is 12.4. The highest BCUT2D eigenvalue weighted by Crippen LogP contribution is 2.24. The summed E-state index contributed by atoms with van der Waals surface area (Å²) >= 11 is 2.54. The number of hydrogen-bond donors (Lipinski definition) is 1. The van der Waals surface area contributed by atoms with E-state index in [1.807, 2.05) is 13.0 Å². The predicted molar refractivity (Wildman–Crippen MR) is 89.2 cm³/mol. The van der Waals surface area contributed by atoms with Crippen molar-refractivity contribution in [3.05, 3.63) is 23.2 Å². The van der Waals surface area contributed by atoms with Crippen molar-refractivity contribution in [3.63, 3.8) is 0 Å². The lowest BCUT2D eigenvalue weighted by molar-refractivity contribution is 0.459. The molecule has 0 saturated carbocycles. The van der Waals surface area contributed by atoms with Gasteiger partial charge in [0.25, 0.3) is 0 Å². The highest BCUT2D eigenvalue weighted by atomic mass is 32.2. The maximum Gasteiger partial charge on any atom is 0.250 e. The van der Waals surface area contributed by atoms with E-state index < -0.39 is 10.0 Å². The van der Waals surface area contributed by atoms with Gasteiger partial charge in [-0.2, -0.15) is 8.75 Å². The maximum absolute atomic E-state index is 12.4. The molecule has 120 valence electrons. The average molecular weight is 359 g/mol. The van der Waals surface area contributed by atoms with E-state index in [2.05, 4.69) is 18.4 Å². The molecule has 1 aliphatic heterocycles. The van der Waals surface area contributed by atoms with Gasteiger partial charge in [-0.25, -0.2) is 13.1 Å². The topological polar surface area (TPSA) is 75.2 Å². The van der Waals surface area contributed by atoms with E-state index in [4.69, 9.17) is 0 Å². The summed E-state index contributed by atoms with van der Waals surface area (Å²) in [5, 5.41) is 0. The largest absolute Gasteiger partial charge is 0.354 e. The third kappa shape index (κ3) is 3.48. The van der Waals surface area contributed by atoms with E-state index in [0.29, 0.717) is 4.21 Å². The predicted octanol–water partition coefficient (Wildman–Crippen LogP) is 2.11. The normalized spacial score (nSPS) is 17.0. The first-order valence-corrected chi connectivity index (χ1v) is 10.2. The summed E-state index contributed by atoms with van der Waals surface area (Å²) in [4.78, 5) is 3.24. The van der Waals surface area contributed by atoms with Crippen molar-refractivity contribution < 1.29 is 8.42 Å². The number of rotatable bonds is 5. The summed E-state index contributed by atoms with van der Waals surface area (Å²) in [6.45, 7) is 3.62. The monoisotopic (exact) mass is 358 g/mol. The molecule has 1 saturated heterocycles. The van der Waals surface area contributed by atoms with Crippen LogP contribution in [0.25, 0.3) is 0 Å². The van der Waals surface area contributed by atoms with Crippen LogP contribution in [0.4, 0.5) is 5.82 Å².